The second kappa shape index (κ2) is 9.82. The summed E-state index contributed by atoms with van der Waals surface area (Å²) in [5, 5.41) is 10.8. The minimum Gasteiger partial charge on any atom is -0.490 e. The second-order valence-corrected chi connectivity index (χ2v) is 8.15. The number of benzene rings is 2. The average molecular weight is 431 g/mol. The Morgan fingerprint density at radius 2 is 1.80 bits per heavy atom. The standard InChI is InChI=1S/C24H30N2O3.ClH/c1-16-12-17(2)23(18(3)13-16)29-15-20(27)14-26-22-7-5-4-6-21(22)25-24(26)19-8-10-28-11-9-19;/h4-7,12-13,19-20,27H,8-11,14-15H2,1-3H3;1H. The van der Waals surface area contributed by atoms with Gasteiger partial charge >= 0.3 is 0 Å². The molecule has 1 N–H and O–H groups in total. The van der Waals surface area contributed by atoms with E-state index < -0.39 is 6.10 Å². The van der Waals surface area contributed by atoms with E-state index >= 15 is 0 Å². The Hall–Kier alpha value is -2.08. The first-order chi connectivity index (χ1) is 14.0. The van der Waals surface area contributed by atoms with E-state index in [0.29, 0.717) is 12.5 Å². The zero-order chi connectivity index (χ0) is 20.4. The highest BCUT2D eigenvalue weighted by molar-refractivity contribution is 5.85. The van der Waals surface area contributed by atoms with Crippen molar-refractivity contribution in [2.45, 2.75) is 52.2 Å². The first kappa shape index (κ1) is 22.6. The molecule has 0 aliphatic carbocycles. The molecule has 1 aliphatic heterocycles. The summed E-state index contributed by atoms with van der Waals surface area (Å²) in [6.07, 6.45) is 1.32. The molecule has 0 bridgehead atoms. The van der Waals surface area contributed by atoms with Crippen molar-refractivity contribution in [2.75, 3.05) is 19.8 Å². The first-order valence-corrected chi connectivity index (χ1v) is 10.4. The van der Waals surface area contributed by atoms with E-state index in [0.717, 1.165) is 59.8 Å². The fourth-order valence-electron chi connectivity index (χ4n) is 4.39. The topological polar surface area (TPSA) is 56.5 Å². The van der Waals surface area contributed by atoms with E-state index in [-0.39, 0.29) is 19.0 Å². The number of fused-ring (bicyclic) bond motifs is 1. The molecule has 4 rings (SSSR count). The Balaban J connectivity index is 0.00000256. The van der Waals surface area contributed by atoms with Gasteiger partial charge in [0, 0.05) is 19.1 Å². The molecule has 1 fully saturated rings. The molecule has 2 heterocycles. The molecular formula is C24H31ClN2O3. The Kier molecular flexibility index (Phi) is 7.40. The van der Waals surface area contributed by atoms with Crippen LogP contribution in [0, 0.1) is 20.8 Å². The van der Waals surface area contributed by atoms with Gasteiger partial charge in [-0.25, -0.2) is 4.98 Å². The van der Waals surface area contributed by atoms with E-state index in [1.54, 1.807) is 0 Å². The number of halogens is 1. The predicted molar refractivity (Wildman–Crippen MR) is 122 cm³/mol. The Morgan fingerprint density at radius 3 is 2.50 bits per heavy atom. The second-order valence-electron chi connectivity index (χ2n) is 8.15. The molecular weight excluding hydrogens is 400 g/mol. The van der Waals surface area contributed by atoms with E-state index in [4.69, 9.17) is 14.5 Å². The van der Waals surface area contributed by atoms with Crippen molar-refractivity contribution >= 4 is 23.4 Å². The van der Waals surface area contributed by atoms with Gasteiger partial charge in [0.05, 0.1) is 17.6 Å². The van der Waals surface area contributed by atoms with Crippen LogP contribution < -0.4 is 4.74 Å². The number of aryl methyl sites for hydroxylation is 3. The number of para-hydroxylation sites is 2. The smallest absolute Gasteiger partial charge is 0.125 e. The number of aliphatic hydroxyl groups is 1. The number of hydrogen-bond acceptors (Lipinski definition) is 4. The summed E-state index contributed by atoms with van der Waals surface area (Å²) in [4.78, 5) is 4.90. The summed E-state index contributed by atoms with van der Waals surface area (Å²) in [6, 6.07) is 12.4. The number of ether oxygens (including phenoxy) is 2. The van der Waals surface area contributed by atoms with Crippen molar-refractivity contribution < 1.29 is 14.6 Å². The van der Waals surface area contributed by atoms with Crippen molar-refractivity contribution in [3.05, 3.63) is 58.9 Å². The van der Waals surface area contributed by atoms with E-state index in [2.05, 4.69) is 29.7 Å². The van der Waals surface area contributed by atoms with E-state index in [9.17, 15) is 5.11 Å². The molecule has 1 aliphatic rings. The molecule has 3 aromatic rings. The summed E-state index contributed by atoms with van der Waals surface area (Å²) in [5.41, 5.74) is 5.47. The van der Waals surface area contributed by atoms with Crippen molar-refractivity contribution in [1.29, 1.82) is 0 Å². The molecule has 2 aromatic carbocycles. The minimum atomic E-state index is -0.619. The number of nitrogens with zero attached hydrogens (tertiary/aromatic N) is 2. The number of hydrogen-bond donors (Lipinski definition) is 1. The van der Waals surface area contributed by atoms with Crippen molar-refractivity contribution in [3.8, 4) is 5.75 Å². The molecule has 0 saturated carbocycles. The highest BCUT2D eigenvalue weighted by atomic mass is 35.5. The highest BCUT2D eigenvalue weighted by Gasteiger charge is 2.24. The zero-order valence-electron chi connectivity index (χ0n) is 17.9. The number of aromatic nitrogens is 2. The maximum Gasteiger partial charge on any atom is 0.125 e. The predicted octanol–water partition coefficient (Wildman–Crippen LogP) is 4.72. The molecule has 30 heavy (non-hydrogen) atoms. The van der Waals surface area contributed by atoms with Gasteiger partial charge in [0.15, 0.2) is 0 Å². The fraction of sp³-hybridized carbons (Fsp3) is 0.458. The molecule has 1 aromatic heterocycles. The molecule has 1 saturated heterocycles. The molecule has 1 unspecified atom stereocenters. The lowest BCUT2D eigenvalue weighted by atomic mass is 9.99. The highest BCUT2D eigenvalue weighted by Crippen LogP contribution is 2.30. The molecule has 162 valence electrons. The first-order valence-electron chi connectivity index (χ1n) is 10.4. The maximum atomic E-state index is 10.8. The molecule has 0 amide bonds. The average Bonchev–Trinajstić information content (AvgIpc) is 3.06. The van der Waals surface area contributed by atoms with Crippen molar-refractivity contribution in [1.82, 2.24) is 9.55 Å². The summed E-state index contributed by atoms with van der Waals surface area (Å²) in [7, 11) is 0. The molecule has 1 atom stereocenters. The van der Waals surface area contributed by atoms with Gasteiger partial charge in [-0.2, -0.15) is 0 Å². The van der Waals surface area contributed by atoms with Crippen molar-refractivity contribution in [3.63, 3.8) is 0 Å². The molecule has 5 nitrogen and oxygen atoms in total. The van der Waals surface area contributed by atoms with Gasteiger partial charge in [-0.05, 0) is 56.9 Å². The minimum absolute atomic E-state index is 0. The summed E-state index contributed by atoms with van der Waals surface area (Å²) in [6.45, 7) is 8.45. The quantitative estimate of drug-likeness (QED) is 0.614. The maximum absolute atomic E-state index is 10.8. The van der Waals surface area contributed by atoms with Gasteiger partial charge in [-0.3, -0.25) is 0 Å². The molecule has 0 radical (unpaired) electrons. The summed E-state index contributed by atoms with van der Waals surface area (Å²) >= 11 is 0. The third-order valence-electron chi connectivity index (χ3n) is 5.69. The lowest BCUT2D eigenvalue weighted by Gasteiger charge is -2.24. The van der Waals surface area contributed by atoms with Gasteiger partial charge < -0.3 is 19.1 Å². The van der Waals surface area contributed by atoms with Crippen molar-refractivity contribution in [2.24, 2.45) is 0 Å². The van der Waals surface area contributed by atoms with E-state index in [1.807, 2.05) is 32.0 Å². The van der Waals surface area contributed by atoms with Gasteiger partial charge in [0.2, 0.25) is 0 Å². The third-order valence-corrected chi connectivity index (χ3v) is 5.69. The summed E-state index contributed by atoms with van der Waals surface area (Å²) < 4.78 is 13.7. The van der Waals surface area contributed by atoms with Crippen LogP contribution in [0.1, 0.15) is 41.3 Å². The van der Waals surface area contributed by atoms with Crippen LogP contribution >= 0.6 is 12.4 Å². The fourth-order valence-corrected chi connectivity index (χ4v) is 4.39. The Labute approximate surface area is 184 Å². The van der Waals surface area contributed by atoms with Gasteiger partial charge in [-0.15, -0.1) is 12.4 Å². The van der Waals surface area contributed by atoms with Crippen LogP contribution in [-0.2, 0) is 11.3 Å². The number of aliphatic hydroxyl groups excluding tert-OH is 1. The Bertz CT molecular complexity index is 972. The lowest BCUT2D eigenvalue weighted by Crippen LogP contribution is -2.26. The van der Waals surface area contributed by atoms with Crippen LogP contribution in [0.15, 0.2) is 36.4 Å². The van der Waals surface area contributed by atoms with Crippen LogP contribution in [0.2, 0.25) is 0 Å². The van der Waals surface area contributed by atoms with Gasteiger partial charge in [-0.1, -0.05) is 29.8 Å². The van der Waals surface area contributed by atoms with Crippen LogP contribution in [-0.4, -0.2) is 40.6 Å². The summed E-state index contributed by atoms with van der Waals surface area (Å²) in [5.74, 6) is 2.29. The SMILES string of the molecule is Cc1cc(C)c(OCC(O)Cn2c(C3CCOCC3)nc3ccccc32)c(C)c1.Cl. The number of imidazole rings is 1. The van der Waals surface area contributed by atoms with Crippen LogP contribution in [0.25, 0.3) is 11.0 Å². The lowest BCUT2D eigenvalue weighted by molar-refractivity contribution is 0.0779. The van der Waals surface area contributed by atoms with Crippen LogP contribution in [0.4, 0.5) is 0 Å². The van der Waals surface area contributed by atoms with Crippen LogP contribution in [0.5, 0.6) is 5.75 Å². The third kappa shape index (κ3) is 4.80. The Morgan fingerprint density at radius 1 is 1.13 bits per heavy atom. The number of rotatable bonds is 6. The van der Waals surface area contributed by atoms with Crippen LogP contribution in [0.3, 0.4) is 0 Å². The van der Waals surface area contributed by atoms with E-state index in [1.165, 1.54) is 5.56 Å². The normalized spacial score (nSPS) is 15.7. The van der Waals surface area contributed by atoms with Gasteiger partial charge in [0.1, 0.15) is 24.3 Å². The molecule has 0 spiro atoms. The largest absolute Gasteiger partial charge is 0.490 e. The zero-order valence-corrected chi connectivity index (χ0v) is 18.7. The van der Waals surface area contributed by atoms with Gasteiger partial charge in [0.25, 0.3) is 0 Å². The molecule has 6 heteroatoms. The monoisotopic (exact) mass is 430 g/mol.